The summed E-state index contributed by atoms with van der Waals surface area (Å²) < 4.78 is 0. The Morgan fingerprint density at radius 1 is 1.29 bits per heavy atom. The molecule has 2 N–H and O–H groups in total. The van der Waals surface area contributed by atoms with Crippen molar-refractivity contribution in [1.29, 1.82) is 0 Å². The number of carbonyl (C=O) groups is 2. The van der Waals surface area contributed by atoms with E-state index in [9.17, 15) is 9.59 Å². The molecule has 0 aromatic rings. The van der Waals surface area contributed by atoms with Crippen molar-refractivity contribution in [2.75, 3.05) is 13.1 Å². The molecule has 0 aliphatic heterocycles. The summed E-state index contributed by atoms with van der Waals surface area (Å²) >= 11 is 0. The number of hydrogen-bond acceptors (Lipinski definition) is 2. The second kappa shape index (κ2) is 4.79. The molecule has 0 atom stereocenters. The molecule has 1 aliphatic rings. The Morgan fingerprint density at radius 3 is 2.36 bits per heavy atom. The van der Waals surface area contributed by atoms with E-state index in [1.54, 1.807) is 6.92 Å². The predicted octanol–water partition coefficient (Wildman–Crippen LogP) is 0.205. The summed E-state index contributed by atoms with van der Waals surface area (Å²) in [5.41, 5.74) is 0.485. The molecule has 0 radical (unpaired) electrons. The van der Waals surface area contributed by atoms with Crippen molar-refractivity contribution in [1.82, 2.24) is 10.6 Å². The summed E-state index contributed by atoms with van der Waals surface area (Å²) in [7, 11) is 0. The van der Waals surface area contributed by atoms with Gasteiger partial charge in [-0.2, -0.15) is 0 Å². The zero-order valence-corrected chi connectivity index (χ0v) is 8.43. The van der Waals surface area contributed by atoms with E-state index in [1.165, 1.54) is 0 Å². The molecule has 1 saturated carbocycles. The minimum Gasteiger partial charge on any atom is -0.354 e. The number of amides is 2. The molecule has 0 spiro atoms. The first-order chi connectivity index (χ1) is 6.61. The Bertz CT molecular complexity index is 257. The van der Waals surface area contributed by atoms with Crippen LogP contribution >= 0.6 is 0 Å². The van der Waals surface area contributed by atoms with Crippen molar-refractivity contribution in [3.8, 4) is 0 Å². The summed E-state index contributed by atoms with van der Waals surface area (Å²) in [6, 6.07) is 0. The zero-order chi connectivity index (χ0) is 10.6. The standard InChI is InChI=1S/C10H16N2O2/c1-7(2)9(13)11-5-6-12-10(14)8-3-4-8/h8H,1,3-6H2,2H3,(H,11,13)(H,12,14). The molecule has 2 amide bonds. The fourth-order valence-electron chi connectivity index (χ4n) is 1.00. The Kier molecular flexibility index (Phi) is 3.68. The maximum atomic E-state index is 11.1. The SMILES string of the molecule is C=C(C)C(=O)NCCNC(=O)C1CC1. The Morgan fingerprint density at radius 2 is 1.86 bits per heavy atom. The normalized spacial score (nSPS) is 14.6. The average molecular weight is 196 g/mol. The van der Waals surface area contributed by atoms with Crippen molar-refractivity contribution in [2.24, 2.45) is 5.92 Å². The Labute approximate surface area is 83.8 Å². The van der Waals surface area contributed by atoms with E-state index in [1.807, 2.05) is 0 Å². The van der Waals surface area contributed by atoms with E-state index in [-0.39, 0.29) is 17.7 Å². The van der Waals surface area contributed by atoms with Crippen LogP contribution in [0.15, 0.2) is 12.2 Å². The quantitative estimate of drug-likeness (QED) is 0.487. The molecule has 4 heteroatoms. The van der Waals surface area contributed by atoms with Gasteiger partial charge in [0.15, 0.2) is 0 Å². The van der Waals surface area contributed by atoms with Crippen LogP contribution in [0.5, 0.6) is 0 Å². The minimum absolute atomic E-state index is 0.106. The largest absolute Gasteiger partial charge is 0.354 e. The van der Waals surface area contributed by atoms with Crippen LogP contribution in [0.1, 0.15) is 19.8 Å². The number of hydrogen-bond donors (Lipinski definition) is 2. The van der Waals surface area contributed by atoms with E-state index < -0.39 is 0 Å². The summed E-state index contributed by atoms with van der Waals surface area (Å²) in [4.78, 5) is 22.2. The molecule has 4 nitrogen and oxygen atoms in total. The van der Waals surface area contributed by atoms with Gasteiger partial charge in [-0.25, -0.2) is 0 Å². The first-order valence-corrected chi connectivity index (χ1v) is 4.82. The molecule has 0 saturated heterocycles. The highest BCUT2D eigenvalue weighted by molar-refractivity contribution is 5.92. The van der Waals surface area contributed by atoms with Gasteiger partial charge in [0.25, 0.3) is 0 Å². The molecule has 1 rings (SSSR count). The first kappa shape index (κ1) is 10.8. The molecule has 78 valence electrons. The summed E-state index contributed by atoms with van der Waals surface area (Å²) in [5, 5.41) is 5.40. The molecule has 0 heterocycles. The van der Waals surface area contributed by atoms with Gasteiger partial charge in [-0.15, -0.1) is 0 Å². The Balaban J connectivity index is 2.01. The lowest BCUT2D eigenvalue weighted by molar-refractivity contribution is -0.122. The van der Waals surface area contributed by atoms with Crippen LogP contribution in [0.4, 0.5) is 0 Å². The summed E-state index contributed by atoms with van der Waals surface area (Å²) in [5.74, 6) is 0.173. The highest BCUT2D eigenvalue weighted by Gasteiger charge is 2.28. The van der Waals surface area contributed by atoms with Gasteiger partial charge in [-0.1, -0.05) is 6.58 Å². The van der Waals surface area contributed by atoms with Crippen molar-refractivity contribution >= 4 is 11.8 Å². The molecule has 1 fully saturated rings. The molecule has 14 heavy (non-hydrogen) atoms. The van der Waals surface area contributed by atoms with Crippen LogP contribution in [-0.2, 0) is 9.59 Å². The molecule has 1 aliphatic carbocycles. The van der Waals surface area contributed by atoms with E-state index >= 15 is 0 Å². The third kappa shape index (κ3) is 3.60. The predicted molar refractivity (Wildman–Crippen MR) is 53.6 cm³/mol. The fourth-order valence-corrected chi connectivity index (χ4v) is 1.00. The highest BCUT2D eigenvalue weighted by atomic mass is 16.2. The summed E-state index contributed by atoms with van der Waals surface area (Å²) in [6.07, 6.45) is 2.01. The second-order valence-electron chi connectivity index (χ2n) is 3.60. The zero-order valence-electron chi connectivity index (χ0n) is 8.43. The lowest BCUT2D eigenvalue weighted by Gasteiger charge is -2.05. The highest BCUT2D eigenvalue weighted by Crippen LogP contribution is 2.28. The van der Waals surface area contributed by atoms with Crippen molar-refractivity contribution in [3.63, 3.8) is 0 Å². The van der Waals surface area contributed by atoms with E-state index in [4.69, 9.17) is 0 Å². The molecule has 0 aromatic heterocycles. The van der Waals surface area contributed by atoms with Crippen molar-refractivity contribution < 1.29 is 9.59 Å². The van der Waals surface area contributed by atoms with Gasteiger partial charge in [0.05, 0.1) is 0 Å². The van der Waals surface area contributed by atoms with Gasteiger partial charge in [0.2, 0.25) is 11.8 Å². The molecule has 0 unspecified atom stereocenters. The summed E-state index contributed by atoms with van der Waals surface area (Å²) in [6.45, 7) is 6.12. The van der Waals surface area contributed by atoms with Crippen LogP contribution < -0.4 is 10.6 Å². The molecule has 0 bridgehead atoms. The van der Waals surface area contributed by atoms with Crippen LogP contribution in [0, 0.1) is 5.92 Å². The first-order valence-electron chi connectivity index (χ1n) is 4.82. The fraction of sp³-hybridized carbons (Fsp3) is 0.600. The smallest absolute Gasteiger partial charge is 0.246 e. The van der Waals surface area contributed by atoms with E-state index in [0.29, 0.717) is 18.7 Å². The lowest BCUT2D eigenvalue weighted by Crippen LogP contribution is -2.35. The molecular formula is C10H16N2O2. The van der Waals surface area contributed by atoms with Crippen LogP contribution in [0.2, 0.25) is 0 Å². The number of carbonyl (C=O) groups excluding carboxylic acids is 2. The van der Waals surface area contributed by atoms with Gasteiger partial charge in [-0.3, -0.25) is 9.59 Å². The molecule has 0 aromatic carbocycles. The van der Waals surface area contributed by atoms with Crippen LogP contribution in [-0.4, -0.2) is 24.9 Å². The lowest BCUT2D eigenvalue weighted by atomic mass is 10.3. The minimum atomic E-state index is -0.161. The third-order valence-corrected chi connectivity index (χ3v) is 2.05. The van der Waals surface area contributed by atoms with Gasteiger partial charge in [0, 0.05) is 24.6 Å². The Hall–Kier alpha value is -1.32. The van der Waals surface area contributed by atoms with Gasteiger partial charge < -0.3 is 10.6 Å². The van der Waals surface area contributed by atoms with Crippen LogP contribution in [0.3, 0.4) is 0 Å². The third-order valence-electron chi connectivity index (χ3n) is 2.05. The van der Waals surface area contributed by atoms with E-state index in [2.05, 4.69) is 17.2 Å². The maximum Gasteiger partial charge on any atom is 0.246 e. The number of rotatable bonds is 5. The second-order valence-corrected chi connectivity index (χ2v) is 3.60. The van der Waals surface area contributed by atoms with Gasteiger partial charge in [-0.05, 0) is 19.8 Å². The van der Waals surface area contributed by atoms with Crippen molar-refractivity contribution in [2.45, 2.75) is 19.8 Å². The van der Waals surface area contributed by atoms with Gasteiger partial charge in [0.1, 0.15) is 0 Å². The van der Waals surface area contributed by atoms with Crippen molar-refractivity contribution in [3.05, 3.63) is 12.2 Å². The van der Waals surface area contributed by atoms with Crippen LogP contribution in [0.25, 0.3) is 0 Å². The van der Waals surface area contributed by atoms with E-state index in [0.717, 1.165) is 12.8 Å². The maximum absolute atomic E-state index is 11.1. The number of nitrogens with one attached hydrogen (secondary N) is 2. The monoisotopic (exact) mass is 196 g/mol. The van der Waals surface area contributed by atoms with Gasteiger partial charge >= 0.3 is 0 Å². The topological polar surface area (TPSA) is 58.2 Å². The average Bonchev–Trinajstić information content (AvgIpc) is 2.94. The molecular weight excluding hydrogens is 180 g/mol.